The minimum atomic E-state index is -0.159. The molecule has 1 aromatic rings. The highest BCUT2D eigenvalue weighted by Gasteiger charge is 2.28. The third-order valence-corrected chi connectivity index (χ3v) is 5.77. The van der Waals surface area contributed by atoms with Gasteiger partial charge in [-0.25, -0.2) is 0 Å². The summed E-state index contributed by atoms with van der Waals surface area (Å²) in [5.41, 5.74) is 1.95. The molecule has 2 heterocycles. The summed E-state index contributed by atoms with van der Waals surface area (Å²) in [7, 11) is 0. The van der Waals surface area contributed by atoms with Crippen molar-refractivity contribution in [3.63, 3.8) is 0 Å². The van der Waals surface area contributed by atoms with Gasteiger partial charge in [-0.1, -0.05) is 26.7 Å². The summed E-state index contributed by atoms with van der Waals surface area (Å²) in [6.45, 7) is 7.10. The highest BCUT2D eigenvalue weighted by Crippen LogP contribution is 2.26. The molecule has 2 aliphatic heterocycles. The van der Waals surface area contributed by atoms with Crippen molar-refractivity contribution in [2.24, 2.45) is 5.92 Å². The molecule has 1 unspecified atom stereocenters. The summed E-state index contributed by atoms with van der Waals surface area (Å²) in [5.74, 6) is 0.683. The van der Waals surface area contributed by atoms with Crippen LogP contribution in [0.5, 0.6) is 0 Å². The Morgan fingerprint density at radius 1 is 1.00 bits per heavy atom. The molecule has 4 nitrogen and oxygen atoms in total. The molecule has 3 rings (SSSR count). The van der Waals surface area contributed by atoms with Gasteiger partial charge in [0.05, 0.1) is 6.10 Å². The van der Waals surface area contributed by atoms with Crippen LogP contribution in [0.4, 0.5) is 5.69 Å². The van der Waals surface area contributed by atoms with E-state index in [1.54, 1.807) is 0 Å². The molecule has 0 spiro atoms. The molecular formula is C21H32N2O2. The van der Waals surface area contributed by atoms with Crippen LogP contribution in [0, 0.1) is 5.92 Å². The quantitative estimate of drug-likeness (QED) is 0.909. The average molecular weight is 344 g/mol. The van der Waals surface area contributed by atoms with Crippen LogP contribution in [0.1, 0.15) is 62.7 Å². The first-order chi connectivity index (χ1) is 12.1. The van der Waals surface area contributed by atoms with E-state index < -0.39 is 0 Å². The van der Waals surface area contributed by atoms with Crippen molar-refractivity contribution in [1.82, 2.24) is 4.90 Å². The standard InChI is InChI=1S/C21H32N2O2/c1-16(2)20-6-4-3-5-13-23(20)21(25)17-7-9-18(10-8-17)22-14-11-19(24)12-15-22/h7-10,16,19-20,24H,3-6,11-15H2,1-2H3. The number of hydrogen-bond donors (Lipinski definition) is 1. The maximum atomic E-state index is 13.1. The van der Waals surface area contributed by atoms with E-state index in [0.29, 0.717) is 12.0 Å². The fraction of sp³-hybridized carbons (Fsp3) is 0.667. The first-order valence-electron chi connectivity index (χ1n) is 9.90. The van der Waals surface area contributed by atoms with Gasteiger partial charge in [-0.05, 0) is 55.9 Å². The summed E-state index contributed by atoms with van der Waals surface area (Å²) in [5, 5.41) is 9.65. The average Bonchev–Trinajstić information content (AvgIpc) is 2.88. The van der Waals surface area contributed by atoms with Gasteiger partial charge in [-0.2, -0.15) is 0 Å². The Morgan fingerprint density at radius 3 is 2.32 bits per heavy atom. The summed E-state index contributed by atoms with van der Waals surface area (Å²) >= 11 is 0. The zero-order valence-corrected chi connectivity index (χ0v) is 15.7. The van der Waals surface area contributed by atoms with Crippen LogP contribution in [0.25, 0.3) is 0 Å². The fourth-order valence-electron chi connectivity index (χ4n) is 4.18. The molecule has 25 heavy (non-hydrogen) atoms. The lowest BCUT2D eigenvalue weighted by molar-refractivity contribution is 0.0632. The molecule has 0 aliphatic carbocycles. The molecule has 0 radical (unpaired) electrons. The molecule has 1 amide bonds. The zero-order chi connectivity index (χ0) is 17.8. The lowest BCUT2D eigenvalue weighted by Crippen LogP contribution is -2.43. The third-order valence-electron chi connectivity index (χ3n) is 5.77. The molecule has 0 aromatic heterocycles. The van der Waals surface area contributed by atoms with E-state index in [0.717, 1.165) is 56.6 Å². The zero-order valence-electron chi connectivity index (χ0n) is 15.7. The molecule has 4 heteroatoms. The highest BCUT2D eigenvalue weighted by molar-refractivity contribution is 5.94. The molecule has 2 fully saturated rings. The van der Waals surface area contributed by atoms with Gasteiger partial charge in [0.1, 0.15) is 0 Å². The lowest BCUT2D eigenvalue weighted by atomic mass is 9.97. The monoisotopic (exact) mass is 344 g/mol. The third kappa shape index (κ3) is 4.35. The number of aliphatic hydroxyl groups is 1. The van der Waals surface area contributed by atoms with Crippen molar-refractivity contribution in [3.05, 3.63) is 29.8 Å². The van der Waals surface area contributed by atoms with Crippen molar-refractivity contribution < 1.29 is 9.90 Å². The van der Waals surface area contributed by atoms with E-state index in [9.17, 15) is 9.90 Å². The summed E-state index contributed by atoms with van der Waals surface area (Å²) in [6.07, 6.45) is 6.18. The topological polar surface area (TPSA) is 43.8 Å². The van der Waals surface area contributed by atoms with Gasteiger partial charge in [-0.15, -0.1) is 0 Å². The largest absolute Gasteiger partial charge is 0.393 e. The van der Waals surface area contributed by atoms with Gasteiger partial charge < -0.3 is 14.9 Å². The van der Waals surface area contributed by atoms with Crippen LogP contribution in [0.3, 0.4) is 0 Å². The number of anilines is 1. The van der Waals surface area contributed by atoms with E-state index >= 15 is 0 Å². The van der Waals surface area contributed by atoms with Crippen molar-refractivity contribution in [3.8, 4) is 0 Å². The predicted molar refractivity (Wildman–Crippen MR) is 102 cm³/mol. The van der Waals surface area contributed by atoms with E-state index in [1.165, 1.54) is 12.8 Å². The van der Waals surface area contributed by atoms with Crippen LogP contribution in [-0.2, 0) is 0 Å². The van der Waals surface area contributed by atoms with Crippen LogP contribution in [0.2, 0.25) is 0 Å². The van der Waals surface area contributed by atoms with Crippen LogP contribution < -0.4 is 4.90 Å². The number of likely N-dealkylation sites (tertiary alicyclic amines) is 1. The van der Waals surface area contributed by atoms with Gasteiger partial charge in [0.25, 0.3) is 5.91 Å². The van der Waals surface area contributed by atoms with E-state index in [4.69, 9.17) is 0 Å². The van der Waals surface area contributed by atoms with Gasteiger partial charge >= 0.3 is 0 Å². The Morgan fingerprint density at radius 2 is 1.68 bits per heavy atom. The molecule has 0 saturated carbocycles. The van der Waals surface area contributed by atoms with Crippen LogP contribution >= 0.6 is 0 Å². The lowest BCUT2D eigenvalue weighted by Gasteiger charge is -2.33. The highest BCUT2D eigenvalue weighted by atomic mass is 16.3. The Balaban J connectivity index is 1.71. The number of carbonyl (C=O) groups excluding carboxylic acids is 1. The Kier molecular flexibility index (Phi) is 6.00. The molecule has 0 bridgehead atoms. The molecule has 138 valence electrons. The second-order valence-electron chi connectivity index (χ2n) is 7.92. The number of hydrogen-bond acceptors (Lipinski definition) is 3. The number of aliphatic hydroxyl groups excluding tert-OH is 1. The summed E-state index contributed by atoms with van der Waals surface area (Å²) in [6, 6.07) is 8.44. The van der Waals surface area contributed by atoms with Gasteiger partial charge in [0.2, 0.25) is 0 Å². The summed E-state index contributed by atoms with van der Waals surface area (Å²) < 4.78 is 0. The number of benzene rings is 1. The van der Waals surface area contributed by atoms with E-state index in [-0.39, 0.29) is 12.0 Å². The maximum absolute atomic E-state index is 13.1. The minimum absolute atomic E-state index is 0.159. The summed E-state index contributed by atoms with van der Waals surface area (Å²) in [4.78, 5) is 17.5. The molecule has 2 aliphatic rings. The van der Waals surface area contributed by atoms with Gasteiger partial charge in [0.15, 0.2) is 0 Å². The minimum Gasteiger partial charge on any atom is -0.393 e. The first-order valence-corrected chi connectivity index (χ1v) is 9.90. The molecule has 1 atom stereocenters. The molecule has 1 aromatic carbocycles. The van der Waals surface area contributed by atoms with E-state index in [1.807, 2.05) is 12.1 Å². The second kappa shape index (κ2) is 8.22. The number of rotatable bonds is 3. The van der Waals surface area contributed by atoms with Gasteiger partial charge in [-0.3, -0.25) is 4.79 Å². The Hall–Kier alpha value is -1.55. The second-order valence-corrected chi connectivity index (χ2v) is 7.92. The smallest absolute Gasteiger partial charge is 0.254 e. The number of amides is 1. The SMILES string of the molecule is CC(C)C1CCCCCN1C(=O)c1ccc(N2CCC(O)CC2)cc1. The maximum Gasteiger partial charge on any atom is 0.254 e. The van der Waals surface area contributed by atoms with Crippen LogP contribution in [-0.4, -0.2) is 47.7 Å². The number of carbonyl (C=O) groups is 1. The van der Waals surface area contributed by atoms with Crippen molar-refractivity contribution in [1.29, 1.82) is 0 Å². The van der Waals surface area contributed by atoms with Gasteiger partial charge in [0, 0.05) is 36.9 Å². The predicted octanol–water partition coefficient (Wildman–Crippen LogP) is 3.69. The number of piperidine rings is 1. The fourth-order valence-corrected chi connectivity index (χ4v) is 4.18. The van der Waals surface area contributed by atoms with Crippen LogP contribution in [0.15, 0.2) is 24.3 Å². The Bertz CT molecular complexity index is 562. The van der Waals surface area contributed by atoms with E-state index in [2.05, 4.69) is 35.8 Å². The normalized spacial score (nSPS) is 23.0. The first kappa shape index (κ1) is 18.2. The molecular weight excluding hydrogens is 312 g/mol. The number of nitrogens with zero attached hydrogens (tertiary/aromatic N) is 2. The molecule has 1 N–H and O–H groups in total. The van der Waals surface area contributed by atoms with Crippen molar-refractivity contribution in [2.45, 2.75) is 64.5 Å². The van der Waals surface area contributed by atoms with Crippen molar-refractivity contribution >= 4 is 11.6 Å². The Labute approximate surface area is 151 Å². The van der Waals surface area contributed by atoms with Crippen molar-refractivity contribution in [2.75, 3.05) is 24.5 Å². The molecule has 2 saturated heterocycles.